The van der Waals surface area contributed by atoms with Crippen molar-refractivity contribution in [3.05, 3.63) is 71.8 Å². The van der Waals surface area contributed by atoms with Gasteiger partial charge in [0.15, 0.2) is 0 Å². The Balaban J connectivity index is 2.00. The number of methoxy groups -OCH3 is 1. The van der Waals surface area contributed by atoms with Gasteiger partial charge in [-0.25, -0.2) is 4.79 Å². The summed E-state index contributed by atoms with van der Waals surface area (Å²) in [7, 11) is 1.32. The van der Waals surface area contributed by atoms with Gasteiger partial charge in [0.25, 0.3) is 5.91 Å². The van der Waals surface area contributed by atoms with E-state index in [-0.39, 0.29) is 5.91 Å². The smallest absolute Gasteiger partial charge is 0.337 e. The van der Waals surface area contributed by atoms with Crippen molar-refractivity contribution in [1.29, 1.82) is 0 Å². The van der Waals surface area contributed by atoms with Crippen LogP contribution in [-0.4, -0.2) is 25.6 Å². The third kappa shape index (κ3) is 3.30. The summed E-state index contributed by atoms with van der Waals surface area (Å²) in [5.41, 5.74) is 3.01. The molecule has 0 saturated heterocycles. The number of carbonyl (C=O) groups is 2. The summed E-state index contributed by atoms with van der Waals surface area (Å²) in [5.74, 6) is -0.00415. The lowest BCUT2D eigenvalue weighted by Gasteiger charge is -2.07. The van der Waals surface area contributed by atoms with Gasteiger partial charge in [0.2, 0.25) is 0 Å². The van der Waals surface area contributed by atoms with Crippen molar-refractivity contribution in [2.75, 3.05) is 19.0 Å². The zero-order chi connectivity index (χ0) is 17.8. The third-order valence-corrected chi connectivity index (χ3v) is 3.80. The molecule has 0 atom stereocenters. The van der Waals surface area contributed by atoms with Gasteiger partial charge in [-0.2, -0.15) is 0 Å². The number of benzene rings is 2. The molecule has 0 spiro atoms. The summed E-state index contributed by atoms with van der Waals surface area (Å²) < 4.78 is 10.3. The number of esters is 1. The molecule has 1 amide bonds. The highest BCUT2D eigenvalue weighted by Crippen LogP contribution is 2.35. The fourth-order valence-corrected chi connectivity index (χ4v) is 2.62. The van der Waals surface area contributed by atoms with Gasteiger partial charge in [0, 0.05) is 22.4 Å². The lowest BCUT2D eigenvalue weighted by atomic mass is 10.0. The van der Waals surface area contributed by atoms with Crippen LogP contribution in [0.25, 0.3) is 11.6 Å². The van der Waals surface area contributed by atoms with Crippen LogP contribution in [0.2, 0.25) is 0 Å². The molecule has 0 bridgehead atoms. The molecular formula is C20H17NO4. The van der Waals surface area contributed by atoms with Gasteiger partial charge in [-0.05, 0) is 24.3 Å². The van der Waals surface area contributed by atoms with E-state index in [1.165, 1.54) is 7.11 Å². The molecule has 0 radical (unpaired) electrons. The molecule has 0 aliphatic carbocycles. The fraction of sp³-hybridized carbons (Fsp3) is 0.100. The van der Waals surface area contributed by atoms with E-state index < -0.39 is 5.97 Å². The Labute approximate surface area is 145 Å². The van der Waals surface area contributed by atoms with E-state index in [9.17, 15) is 9.59 Å². The first-order valence-electron chi connectivity index (χ1n) is 7.72. The maximum absolute atomic E-state index is 12.4. The van der Waals surface area contributed by atoms with Gasteiger partial charge in [0.05, 0.1) is 12.7 Å². The molecule has 2 aromatic rings. The van der Waals surface area contributed by atoms with Crippen molar-refractivity contribution in [3.8, 4) is 5.75 Å². The molecule has 0 unspecified atom stereocenters. The van der Waals surface area contributed by atoms with E-state index in [0.717, 1.165) is 11.1 Å². The number of ether oxygens (including phenoxy) is 2. The first-order valence-corrected chi connectivity index (χ1v) is 7.72. The van der Waals surface area contributed by atoms with Crippen LogP contribution in [-0.2, 0) is 9.53 Å². The normalized spacial score (nSPS) is 14.0. The molecule has 5 nitrogen and oxygen atoms in total. The van der Waals surface area contributed by atoms with Crippen molar-refractivity contribution in [3.63, 3.8) is 0 Å². The van der Waals surface area contributed by atoms with Crippen molar-refractivity contribution in [2.45, 2.75) is 0 Å². The predicted octanol–water partition coefficient (Wildman–Crippen LogP) is 3.53. The number of anilines is 1. The maximum atomic E-state index is 12.4. The second-order valence-electron chi connectivity index (χ2n) is 5.40. The van der Waals surface area contributed by atoms with Gasteiger partial charge < -0.3 is 14.8 Å². The molecular weight excluding hydrogens is 318 g/mol. The lowest BCUT2D eigenvalue weighted by Crippen LogP contribution is -2.04. The van der Waals surface area contributed by atoms with E-state index in [2.05, 4.69) is 11.9 Å². The summed E-state index contributed by atoms with van der Waals surface area (Å²) in [6, 6.07) is 12.4. The molecule has 0 aromatic heterocycles. The summed E-state index contributed by atoms with van der Waals surface area (Å²) in [5, 5.41) is 2.78. The Hall–Kier alpha value is -3.34. The molecule has 3 rings (SSSR count). The molecule has 1 N–H and O–H groups in total. The highest BCUT2D eigenvalue weighted by Gasteiger charge is 2.25. The Morgan fingerprint density at radius 2 is 2.04 bits per heavy atom. The van der Waals surface area contributed by atoms with Crippen LogP contribution in [0.15, 0.2) is 55.1 Å². The van der Waals surface area contributed by atoms with E-state index in [1.807, 2.05) is 24.3 Å². The van der Waals surface area contributed by atoms with Crippen LogP contribution in [0.3, 0.4) is 0 Å². The molecule has 1 aliphatic rings. The Kier molecular flexibility index (Phi) is 4.66. The number of para-hydroxylation sites is 1. The highest BCUT2D eigenvalue weighted by atomic mass is 16.5. The summed E-state index contributed by atoms with van der Waals surface area (Å²) in [6.07, 6.45) is 3.44. The molecule has 25 heavy (non-hydrogen) atoms. The topological polar surface area (TPSA) is 64.6 Å². The number of fused-ring (bicyclic) bond motifs is 1. The van der Waals surface area contributed by atoms with Gasteiger partial charge >= 0.3 is 5.97 Å². The van der Waals surface area contributed by atoms with Crippen LogP contribution in [0.1, 0.15) is 21.5 Å². The van der Waals surface area contributed by atoms with E-state index in [4.69, 9.17) is 9.47 Å². The zero-order valence-corrected chi connectivity index (χ0v) is 13.7. The fourth-order valence-electron chi connectivity index (χ4n) is 2.62. The van der Waals surface area contributed by atoms with Crippen LogP contribution >= 0.6 is 0 Å². The minimum Gasteiger partial charge on any atom is -0.489 e. The summed E-state index contributed by atoms with van der Waals surface area (Å²) in [4.78, 5) is 24.0. The first-order chi connectivity index (χ1) is 12.1. The number of rotatable bonds is 5. The lowest BCUT2D eigenvalue weighted by molar-refractivity contribution is -0.110. The number of hydrogen-bond donors (Lipinski definition) is 1. The summed E-state index contributed by atoms with van der Waals surface area (Å²) in [6.45, 7) is 4.02. The molecule has 126 valence electrons. The highest BCUT2D eigenvalue weighted by molar-refractivity contribution is 6.35. The zero-order valence-electron chi connectivity index (χ0n) is 13.7. The minimum absolute atomic E-state index is 0.226. The number of nitrogens with one attached hydrogen (secondary N) is 1. The molecule has 2 aromatic carbocycles. The van der Waals surface area contributed by atoms with Crippen molar-refractivity contribution in [2.24, 2.45) is 0 Å². The van der Waals surface area contributed by atoms with Gasteiger partial charge in [0.1, 0.15) is 12.4 Å². The predicted molar refractivity (Wildman–Crippen MR) is 96.4 cm³/mol. The van der Waals surface area contributed by atoms with Gasteiger partial charge in [-0.15, -0.1) is 0 Å². The second kappa shape index (κ2) is 7.05. The standard InChI is InChI=1S/C20H17NO4/c1-3-10-25-18-7-5-4-6-13(18)11-16-15-9-8-14(20(23)24-2)12-17(15)21-19(16)22/h3-9,11-12H,1,10H2,2H3,(H,21,22)/b16-11+. The Morgan fingerprint density at radius 3 is 2.80 bits per heavy atom. The Morgan fingerprint density at radius 1 is 1.24 bits per heavy atom. The average molecular weight is 335 g/mol. The quantitative estimate of drug-likeness (QED) is 0.516. The van der Waals surface area contributed by atoms with Crippen molar-refractivity contribution in [1.82, 2.24) is 0 Å². The van der Waals surface area contributed by atoms with Crippen LogP contribution in [0, 0.1) is 0 Å². The number of hydrogen-bond acceptors (Lipinski definition) is 4. The third-order valence-electron chi connectivity index (χ3n) is 3.80. The Bertz CT molecular complexity index is 883. The molecule has 0 fully saturated rings. The SMILES string of the molecule is C=CCOc1ccccc1/C=C1/C(=O)Nc2cc(C(=O)OC)ccc21. The van der Waals surface area contributed by atoms with Crippen LogP contribution in [0.5, 0.6) is 5.75 Å². The largest absolute Gasteiger partial charge is 0.489 e. The molecule has 5 heteroatoms. The second-order valence-corrected chi connectivity index (χ2v) is 5.40. The van der Waals surface area contributed by atoms with Crippen LogP contribution in [0.4, 0.5) is 5.69 Å². The monoisotopic (exact) mass is 335 g/mol. The average Bonchev–Trinajstić information content (AvgIpc) is 2.95. The van der Waals surface area contributed by atoms with E-state index in [0.29, 0.717) is 29.2 Å². The van der Waals surface area contributed by atoms with Gasteiger partial charge in [-0.3, -0.25) is 4.79 Å². The van der Waals surface area contributed by atoms with Crippen LogP contribution < -0.4 is 10.1 Å². The summed E-state index contributed by atoms with van der Waals surface area (Å²) >= 11 is 0. The van der Waals surface area contributed by atoms with Crippen molar-refractivity contribution < 1.29 is 19.1 Å². The molecule has 0 saturated carbocycles. The minimum atomic E-state index is -0.447. The maximum Gasteiger partial charge on any atom is 0.337 e. The van der Waals surface area contributed by atoms with Crippen molar-refractivity contribution >= 4 is 29.2 Å². The van der Waals surface area contributed by atoms with E-state index >= 15 is 0 Å². The number of carbonyl (C=O) groups excluding carboxylic acids is 2. The molecule has 1 aliphatic heterocycles. The van der Waals surface area contributed by atoms with Gasteiger partial charge in [-0.1, -0.05) is 36.9 Å². The molecule has 1 heterocycles. The number of amides is 1. The van der Waals surface area contributed by atoms with E-state index in [1.54, 1.807) is 30.4 Å². The first kappa shape index (κ1) is 16.5.